The fourth-order valence-corrected chi connectivity index (χ4v) is 3.52. The minimum absolute atomic E-state index is 0.332. The van der Waals surface area contributed by atoms with Crippen LogP contribution in [0.4, 0.5) is 0 Å². The normalized spacial score (nSPS) is 10.5. The second-order valence-corrected chi connectivity index (χ2v) is 7.45. The summed E-state index contributed by atoms with van der Waals surface area (Å²) in [6.45, 7) is 4.26. The van der Waals surface area contributed by atoms with Crippen LogP contribution in [0.2, 0.25) is 0 Å². The van der Waals surface area contributed by atoms with Crippen molar-refractivity contribution >= 4 is 11.9 Å². The molecular formula is C28H25N2O4+. The molecular weight excluding hydrogens is 428 g/mol. The van der Waals surface area contributed by atoms with Crippen molar-refractivity contribution in [1.29, 1.82) is 0 Å². The van der Waals surface area contributed by atoms with Crippen LogP contribution in [0.25, 0.3) is 22.5 Å². The summed E-state index contributed by atoms with van der Waals surface area (Å²) in [5, 5.41) is 0. The van der Waals surface area contributed by atoms with Gasteiger partial charge in [-0.05, 0) is 38.1 Å². The zero-order valence-corrected chi connectivity index (χ0v) is 19.1. The molecule has 0 bridgehead atoms. The summed E-state index contributed by atoms with van der Waals surface area (Å²) in [4.78, 5) is 24.0. The van der Waals surface area contributed by atoms with E-state index in [1.807, 2.05) is 76.4 Å². The molecule has 0 atom stereocenters. The molecule has 6 heteroatoms. The van der Waals surface area contributed by atoms with Crippen LogP contribution in [-0.2, 0) is 9.47 Å². The number of benzene rings is 2. The predicted octanol–water partition coefficient (Wildman–Crippen LogP) is 4.06. The van der Waals surface area contributed by atoms with E-state index in [-0.39, 0.29) is 11.9 Å². The van der Waals surface area contributed by atoms with E-state index >= 15 is 0 Å². The highest BCUT2D eigenvalue weighted by Crippen LogP contribution is 2.17. The summed E-state index contributed by atoms with van der Waals surface area (Å²) >= 11 is 0. The Hall–Kier alpha value is -4.32. The predicted molar refractivity (Wildman–Crippen MR) is 126 cm³/mol. The average molecular weight is 454 g/mol. The largest absolute Gasteiger partial charge is 0.462 e. The van der Waals surface area contributed by atoms with E-state index in [0.717, 1.165) is 22.5 Å². The molecule has 0 saturated heterocycles. The molecule has 0 spiro atoms. The van der Waals surface area contributed by atoms with Gasteiger partial charge in [0.25, 0.3) is 0 Å². The van der Waals surface area contributed by atoms with Crippen LogP contribution in [0.15, 0.2) is 91.5 Å². The van der Waals surface area contributed by atoms with Crippen LogP contribution < -0.4 is 9.13 Å². The van der Waals surface area contributed by atoms with E-state index in [9.17, 15) is 9.59 Å². The molecule has 0 aliphatic heterocycles. The average Bonchev–Trinajstić information content (AvgIpc) is 2.89. The van der Waals surface area contributed by atoms with Crippen molar-refractivity contribution in [2.75, 3.05) is 13.2 Å². The molecule has 0 saturated carbocycles. The number of carbonyl (C=O) groups excluding carboxylic acids is 2. The minimum atomic E-state index is -0.337. The van der Waals surface area contributed by atoms with Crippen LogP contribution in [0.5, 0.6) is 0 Å². The summed E-state index contributed by atoms with van der Waals surface area (Å²) in [7, 11) is 0. The zero-order chi connectivity index (χ0) is 23.9. The minimum Gasteiger partial charge on any atom is -0.462 e. The molecule has 0 unspecified atom stereocenters. The quantitative estimate of drug-likeness (QED) is 0.241. The Kier molecular flexibility index (Phi) is 7.08. The zero-order valence-electron chi connectivity index (χ0n) is 19.1. The molecule has 170 valence electrons. The van der Waals surface area contributed by atoms with Crippen molar-refractivity contribution in [3.05, 3.63) is 109 Å². The molecule has 34 heavy (non-hydrogen) atoms. The van der Waals surface area contributed by atoms with E-state index in [1.165, 1.54) is 0 Å². The van der Waals surface area contributed by atoms with Crippen LogP contribution in [0.3, 0.4) is 0 Å². The highest BCUT2D eigenvalue weighted by molar-refractivity contribution is 5.90. The van der Waals surface area contributed by atoms with Crippen molar-refractivity contribution in [3.8, 4) is 22.5 Å². The standard InChI is InChI=1S/C28H25N2O4/c1-3-33-27(31)23-7-5-9-25(19-23)29-15-11-21(12-16-29)22-13-17-30(18-14-22)26-10-6-8-24(20-26)28(32)34-4-2/h5-13,15-20H,3-4H2,1-2H3/q+1. The lowest BCUT2D eigenvalue weighted by Crippen LogP contribution is -2.30. The summed E-state index contributed by atoms with van der Waals surface area (Å²) in [6.07, 6.45) is 7.65. The van der Waals surface area contributed by atoms with Gasteiger partial charge in [0.15, 0.2) is 12.4 Å². The number of esters is 2. The molecule has 6 nitrogen and oxygen atoms in total. The number of hydrogen-bond donors (Lipinski definition) is 0. The van der Waals surface area contributed by atoms with E-state index < -0.39 is 0 Å². The molecule has 2 aromatic heterocycles. The monoisotopic (exact) mass is 453 g/mol. The van der Waals surface area contributed by atoms with Gasteiger partial charge < -0.3 is 9.47 Å². The van der Waals surface area contributed by atoms with E-state index in [1.54, 1.807) is 38.1 Å². The lowest BCUT2D eigenvalue weighted by atomic mass is 10.1. The van der Waals surface area contributed by atoms with Crippen molar-refractivity contribution < 1.29 is 28.2 Å². The Balaban J connectivity index is 1.52. The third-order valence-corrected chi connectivity index (χ3v) is 5.21. The van der Waals surface area contributed by atoms with Crippen molar-refractivity contribution in [2.45, 2.75) is 13.8 Å². The highest BCUT2D eigenvalue weighted by atomic mass is 16.5. The number of pyridine rings is 2. The second-order valence-electron chi connectivity index (χ2n) is 7.45. The lowest BCUT2D eigenvalue weighted by Gasteiger charge is -2.09. The molecule has 0 aliphatic carbocycles. The third-order valence-electron chi connectivity index (χ3n) is 5.21. The van der Waals surface area contributed by atoms with Gasteiger partial charge in [-0.1, -0.05) is 18.2 Å². The van der Waals surface area contributed by atoms with Gasteiger partial charge >= 0.3 is 11.9 Å². The second kappa shape index (κ2) is 10.5. The number of aromatic nitrogens is 2. The Labute approximate surface area is 198 Å². The SMILES string of the molecule is CCOC(=O)c1cccc(-[n+]2c[c-]c(-c3cc[n+](-c4cccc(C(=O)OCC)c4)cc3)cc2)c1. The Morgan fingerprint density at radius 3 is 1.76 bits per heavy atom. The van der Waals surface area contributed by atoms with Gasteiger partial charge in [0, 0.05) is 24.3 Å². The first-order chi connectivity index (χ1) is 16.6. The maximum atomic E-state index is 12.0. The molecule has 0 amide bonds. The molecule has 4 rings (SSSR count). The molecule has 0 fully saturated rings. The van der Waals surface area contributed by atoms with Crippen molar-refractivity contribution in [2.24, 2.45) is 0 Å². The number of nitrogens with zero attached hydrogens (tertiary/aromatic N) is 2. The number of carbonyl (C=O) groups is 2. The van der Waals surface area contributed by atoms with Crippen molar-refractivity contribution in [3.63, 3.8) is 0 Å². The fourth-order valence-electron chi connectivity index (χ4n) is 3.52. The van der Waals surface area contributed by atoms with Crippen LogP contribution in [0.1, 0.15) is 34.6 Å². The van der Waals surface area contributed by atoms with Crippen LogP contribution >= 0.6 is 0 Å². The Bertz CT molecular complexity index is 1200. The third kappa shape index (κ3) is 5.18. The van der Waals surface area contributed by atoms with Crippen LogP contribution in [0, 0.1) is 6.07 Å². The number of ether oxygens (including phenoxy) is 2. The van der Waals surface area contributed by atoms with Gasteiger partial charge in [-0.2, -0.15) is 14.7 Å². The number of rotatable bonds is 7. The van der Waals surface area contributed by atoms with Crippen molar-refractivity contribution in [1.82, 2.24) is 0 Å². The smallest absolute Gasteiger partial charge is 0.338 e. The van der Waals surface area contributed by atoms with Gasteiger partial charge in [-0.15, -0.1) is 11.6 Å². The number of hydrogen-bond acceptors (Lipinski definition) is 4. The summed E-state index contributed by atoms with van der Waals surface area (Å²) in [5.41, 5.74) is 4.68. The Morgan fingerprint density at radius 1 is 0.735 bits per heavy atom. The molecule has 0 N–H and O–H groups in total. The maximum absolute atomic E-state index is 12.0. The molecule has 2 aromatic carbocycles. The van der Waals surface area contributed by atoms with Gasteiger partial charge in [0.1, 0.15) is 12.4 Å². The van der Waals surface area contributed by atoms with Gasteiger partial charge in [0.2, 0.25) is 11.4 Å². The molecule has 4 aromatic rings. The first kappa shape index (κ1) is 22.9. The highest BCUT2D eigenvalue weighted by Gasteiger charge is 2.12. The maximum Gasteiger partial charge on any atom is 0.338 e. The topological polar surface area (TPSA) is 60.4 Å². The first-order valence-electron chi connectivity index (χ1n) is 11.1. The van der Waals surface area contributed by atoms with Gasteiger partial charge in [0.05, 0.1) is 24.3 Å². The van der Waals surface area contributed by atoms with Crippen LogP contribution in [-0.4, -0.2) is 25.2 Å². The van der Waals surface area contributed by atoms with E-state index in [4.69, 9.17) is 9.47 Å². The summed E-state index contributed by atoms with van der Waals surface area (Å²) in [5.74, 6) is -0.669. The Morgan fingerprint density at radius 2 is 1.26 bits per heavy atom. The van der Waals surface area contributed by atoms with E-state index in [0.29, 0.717) is 24.3 Å². The fraction of sp³-hybridized carbons (Fsp3) is 0.143. The molecule has 2 heterocycles. The summed E-state index contributed by atoms with van der Waals surface area (Å²) in [6, 6.07) is 23.9. The van der Waals surface area contributed by atoms with Gasteiger partial charge in [-0.25, -0.2) is 9.59 Å². The van der Waals surface area contributed by atoms with Gasteiger partial charge in [-0.3, -0.25) is 0 Å². The summed E-state index contributed by atoms with van der Waals surface area (Å²) < 4.78 is 14.0. The molecule has 0 aliphatic rings. The molecule has 0 radical (unpaired) electrons. The van der Waals surface area contributed by atoms with E-state index in [2.05, 4.69) is 6.07 Å². The first-order valence-corrected chi connectivity index (χ1v) is 11.1. The lowest BCUT2D eigenvalue weighted by molar-refractivity contribution is -0.596.